The van der Waals surface area contributed by atoms with E-state index >= 15 is 0 Å². The number of likely N-dealkylation sites (tertiary alicyclic amines) is 1. The first-order valence-electron chi connectivity index (χ1n) is 9.64. The van der Waals surface area contributed by atoms with E-state index in [0.717, 1.165) is 25.9 Å². The molecule has 8 heteroatoms. The summed E-state index contributed by atoms with van der Waals surface area (Å²) in [6.45, 7) is 5.08. The van der Waals surface area contributed by atoms with Gasteiger partial charge in [0.05, 0.1) is 20.3 Å². The Morgan fingerprint density at radius 1 is 1.25 bits per heavy atom. The molecule has 0 saturated carbocycles. The monoisotopic (exact) mass is 408 g/mol. The second kappa shape index (κ2) is 9.07. The number of rotatable bonds is 5. The van der Waals surface area contributed by atoms with Crippen LogP contribution in [0, 0.1) is 5.92 Å². The Balaban J connectivity index is 1.81. The predicted octanol–water partition coefficient (Wildman–Crippen LogP) is 1.99. The Bertz CT molecular complexity index is 831. The van der Waals surface area contributed by atoms with Gasteiger partial charge in [0.1, 0.15) is 10.6 Å². The minimum absolute atomic E-state index is 0.0417. The van der Waals surface area contributed by atoms with Crippen LogP contribution in [0.4, 0.5) is 0 Å². The summed E-state index contributed by atoms with van der Waals surface area (Å²) in [5.41, 5.74) is 0.644. The smallest absolute Gasteiger partial charge is 0.246 e. The molecule has 0 N–H and O–H groups in total. The summed E-state index contributed by atoms with van der Waals surface area (Å²) in [5.74, 6) is 0.761. The minimum atomic E-state index is -3.69. The summed E-state index contributed by atoms with van der Waals surface area (Å²) in [6.07, 6.45) is 5.35. The number of hydrogen-bond donors (Lipinski definition) is 0. The second-order valence-corrected chi connectivity index (χ2v) is 9.20. The van der Waals surface area contributed by atoms with Crippen LogP contribution in [0.3, 0.4) is 0 Å². The van der Waals surface area contributed by atoms with E-state index in [9.17, 15) is 13.2 Å². The summed E-state index contributed by atoms with van der Waals surface area (Å²) < 4.78 is 38.0. The van der Waals surface area contributed by atoms with Crippen molar-refractivity contribution in [1.82, 2.24) is 9.21 Å². The lowest BCUT2D eigenvalue weighted by Crippen LogP contribution is -2.40. The second-order valence-electron chi connectivity index (χ2n) is 7.29. The molecule has 2 aliphatic rings. The quantitative estimate of drug-likeness (QED) is 0.697. The third-order valence-corrected chi connectivity index (χ3v) is 7.08. The van der Waals surface area contributed by atoms with E-state index in [1.807, 2.05) is 4.90 Å². The standard InChI is InChI=1S/C20H28N2O5S/c1-16-4-3-9-21(15-16)20(23)8-6-17-5-7-18(26-2)19(14-17)28(24,25)22-10-12-27-13-11-22/h5-8,14,16H,3-4,9-13,15H2,1-2H3/b8-6+. The van der Waals surface area contributed by atoms with Crippen molar-refractivity contribution in [3.05, 3.63) is 29.8 Å². The predicted molar refractivity (Wildman–Crippen MR) is 107 cm³/mol. The number of nitrogens with zero attached hydrogens (tertiary/aromatic N) is 2. The molecule has 0 radical (unpaired) electrons. The number of methoxy groups -OCH3 is 1. The fourth-order valence-electron chi connectivity index (χ4n) is 3.59. The van der Waals surface area contributed by atoms with E-state index in [2.05, 4.69) is 6.92 Å². The molecule has 0 aliphatic carbocycles. The Hall–Kier alpha value is -1.90. The number of carbonyl (C=O) groups is 1. The van der Waals surface area contributed by atoms with Gasteiger partial charge in [0.25, 0.3) is 0 Å². The van der Waals surface area contributed by atoms with Crippen LogP contribution in [0.25, 0.3) is 6.08 Å². The first kappa shape index (κ1) is 20.8. The van der Waals surface area contributed by atoms with Crippen molar-refractivity contribution in [3.63, 3.8) is 0 Å². The first-order chi connectivity index (χ1) is 13.4. The highest BCUT2D eigenvalue weighted by atomic mass is 32.2. The highest BCUT2D eigenvalue weighted by Crippen LogP contribution is 2.29. The van der Waals surface area contributed by atoms with Crippen molar-refractivity contribution in [2.45, 2.75) is 24.7 Å². The molecule has 1 atom stereocenters. The molecule has 1 amide bonds. The van der Waals surface area contributed by atoms with E-state index < -0.39 is 10.0 Å². The van der Waals surface area contributed by atoms with Crippen LogP contribution in [0.5, 0.6) is 5.75 Å². The van der Waals surface area contributed by atoms with E-state index in [1.165, 1.54) is 17.5 Å². The average molecular weight is 409 g/mol. The maximum absolute atomic E-state index is 13.0. The van der Waals surface area contributed by atoms with Gasteiger partial charge in [-0.1, -0.05) is 13.0 Å². The van der Waals surface area contributed by atoms with Gasteiger partial charge in [-0.25, -0.2) is 8.42 Å². The molecule has 1 unspecified atom stereocenters. The number of morpholine rings is 1. The number of hydrogen-bond acceptors (Lipinski definition) is 5. The van der Waals surface area contributed by atoms with Gasteiger partial charge in [-0.05, 0) is 42.5 Å². The Morgan fingerprint density at radius 2 is 2.00 bits per heavy atom. The third kappa shape index (κ3) is 4.74. The Morgan fingerprint density at radius 3 is 2.68 bits per heavy atom. The minimum Gasteiger partial charge on any atom is -0.495 e. The maximum atomic E-state index is 13.0. The molecule has 154 valence electrons. The van der Waals surface area contributed by atoms with Crippen LogP contribution in [-0.4, -0.2) is 70.0 Å². The lowest BCUT2D eigenvalue weighted by Gasteiger charge is -2.30. The van der Waals surface area contributed by atoms with Gasteiger partial charge in [-0.15, -0.1) is 0 Å². The van der Waals surface area contributed by atoms with E-state index in [-0.39, 0.29) is 10.8 Å². The van der Waals surface area contributed by atoms with Gasteiger partial charge >= 0.3 is 0 Å². The maximum Gasteiger partial charge on any atom is 0.246 e. The largest absolute Gasteiger partial charge is 0.495 e. The molecule has 2 heterocycles. The van der Waals surface area contributed by atoms with Gasteiger partial charge < -0.3 is 14.4 Å². The van der Waals surface area contributed by atoms with E-state index in [1.54, 1.807) is 24.3 Å². The lowest BCUT2D eigenvalue weighted by atomic mass is 10.0. The molecule has 0 spiro atoms. The molecule has 7 nitrogen and oxygen atoms in total. The summed E-state index contributed by atoms with van der Waals surface area (Å²) in [7, 11) is -2.25. The van der Waals surface area contributed by atoms with Crippen molar-refractivity contribution in [2.24, 2.45) is 5.92 Å². The molecule has 1 aromatic carbocycles. The summed E-state index contributed by atoms with van der Waals surface area (Å²) in [4.78, 5) is 14.4. The molecule has 1 aromatic rings. The average Bonchev–Trinajstić information content (AvgIpc) is 2.72. The highest BCUT2D eigenvalue weighted by Gasteiger charge is 2.29. The lowest BCUT2D eigenvalue weighted by molar-refractivity contribution is -0.127. The van der Waals surface area contributed by atoms with Crippen LogP contribution in [0.15, 0.2) is 29.2 Å². The zero-order valence-corrected chi connectivity index (χ0v) is 17.3. The number of piperidine rings is 1. The van der Waals surface area contributed by atoms with Crippen molar-refractivity contribution in [3.8, 4) is 5.75 Å². The van der Waals surface area contributed by atoms with Crippen LogP contribution < -0.4 is 4.74 Å². The highest BCUT2D eigenvalue weighted by molar-refractivity contribution is 7.89. The molecule has 3 rings (SSSR count). The number of benzene rings is 1. The van der Waals surface area contributed by atoms with Crippen LogP contribution >= 0.6 is 0 Å². The number of ether oxygens (including phenoxy) is 2. The first-order valence-corrected chi connectivity index (χ1v) is 11.1. The Labute approximate surface area is 167 Å². The zero-order chi connectivity index (χ0) is 20.1. The fourth-order valence-corrected chi connectivity index (χ4v) is 5.19. The number of carbonyl (C=O) groups excluding carboxylic acids is 1. The van der Waals surface area contributed by atoms with Crippen LogP contribution in [0.2, 0.25) is 0 Å². The van der Waals surface area contributed by atoms with Crippen LogP contribution in [0.1, 0.15) is 25.3 Å². The molecule has 0 aromatic heterocycles. The van der Waals surface area contributed by atoms with Crippen molar-refractivity contribution >= 4 is 22.0 Å². The van der Waals surface area contributed by atoms with E-state index in [4.69, 9.17) is 9.47 Å². The van der Waals surface area contributed by atoms with E-state index in [0.29, 0.717) is 43.5 Å². The topological polar surface area (TPSA) is 76.2 Å². The molecule has 2 aliphatic heterocycles. The zero-order valence-electron chi connectivity index (χ0n) is 16.5. The molecule has 2 saturated heterocycles. The summed E-state index contributed by atoms with van der Waals surface area (Å²) in [5, 5.41) is 0. The molecule has 2 fully saturated rings. The molecular formula is C20H28N2O5S. The molecular weight excluding hydrogens is 380 g/mol. The van der Waals surface area contributed by atoms with Crippen molar-refractivity contribution in [1.29, 1.82) is 0 Å². The molecule has 28 heavy (non-hydrogen) atoms. The van der Waals surface area contributed by atoms with Gasteiger partial charge in [0, 0.05) is 32.3 Å². The van der Waals surface area contributed by atoms with Gasteiger partial charge in [0.2, 0.25) is 15.9 Å². The van der Waals surface area contributed by atoms with Crippen molar-refractivity contribution in [2.75, 3.05) is 46.5 Å². The summed E-state index contributed by atoms with van der Waals surface area (Å²) in [6, 6.07) is 4.94. The number of amides is 1. The van der Waals surface area contributed by atoms with Crippen molar-refractivity contribution < 1.29 is 22.7 Å². The summed E-state index contributed by atoms with van der Waals surface area (Å²) >= 11 is 0. The fraction of sp³-hybridized carbons (Fsp3) is 0.550. The normalized spacial score (nSPS) is 21.8. The van der Waals surface area contributed by atoms with Gasteiger partial charge in [0.15, 0.2) is 0 Å². The number of sulfonamides is 1. The Kier molecular flexibility index (Phi) is 6.74. The van der Waals surface area contributed by atoms with Crippen LogP contribution in [-0.2, 0) is 19.6 Å². The van der Waals surface area contributed by atoms with Gasteiger partial charge in [-0.2, -0.15) is 4.31 Å². The molecule has 0 bridgehead atoms. The third-order valence-electron chi connectivity index (χ3n) is 5.16. The van der Waals surface area contributed by atoms with Gasteiger partial charge in [-0.3, -0.25) is 4.79 Å². The SMILES string of the molecule is COc1ccc(/C=C/C(=O)N2CCCC(C)C2)cc1S(=O)(=O)N1CCOCC1.